The lowest BCUT2D eigenvalue weighted by atomic mass is 9.88. The molecule has 1 aliphatic carbocycles. The van der Waals surface area contributed by atoms with Gasteiger partial charge in [0.05, 0.1) is 5.69 Å². The Balaban J connectivity index is 1.84. The third-order valence-corrected chi connectivity index (χ3v) is 6.51. The van der Waals surface area contributed by atoms with Gasteiger partial charge in [0, 0.05) is 28.6 Å². The Kier molecular flexibility index (Phi) is 5.55. The van der Waals surface area contributed by atoms with Crippen LogP contribution in [0.3, 0.4) is 0 Å². The Bertz CT molecular complexity index is 414. The van der Waals surface area contributed by atoms with Crippen LogP contribution in [-0.4, -0.2) is 22.5 Å². The minimum Gasteiger partial charge on any atom is -0.309 e. The first kappa shape index (κ1) is 16.3. The molecule has 1 saturated carbocycles. The summed E-state index contributed by atoms with van der Waals surface area (Å²) < 4.78 is 0.475. The minimum absolute atomic E-state index is 0.165. The molecule has 0 unspecified atom stereocenters. The first-order chi connectivity index (χ1) is 9.45. The maximum absolute atomic E-state index is 4.76. The summed E-state index contributed by atoms with van der Waals surface area (Å²) in [4.78, 5) is 4.76. The highest BCUT2D eigenvalue weighted by Crippen LogP contribution is 2.38. The highest BCUT2D eigenvalue weighted by atomic mass is 32.2. The molecule has 0 spiro atoms. The molecule has 0 bridgehead atoms. The van der Waals surface area contributed by atoms with E-state index in [1.807, 2.05) is 0 Å². The van der Waals surface area contributed by atoms with Crippen LogP contribution < -0.4 is 5.32 Å². The van der Waals surface area contributed by atoms with Crippen molar-refractivity contribution in [3.63, 3.8) is 0 Å². The fraction of sp³-hybridized carbons (Fsp3) is 0.812. The molecule has 1 aromatic heterocycles. The van der Waals surface area contributed by atoms with Crippen LogP contribution in [0.15, 0.2) is 5.38 Å². The van der Waals surface area contributed by atoms with E-state index in [1.54, 1.807) is 11.3 Å². The van der Waals surface area contributed by atoms with Gasteiger partial charge in [-0.2, -0.15) is 11.8 Å². The molecule has 2 rings (SSSR count). The van der Waals surface area contributed by atoms with Gasteiger partial charge in [-0.05, 0) is 19.1 Å². The Hall–Kier alpha value is -0.0600. The molecule has 1 fully saturated rings. The fourth-order valence-corrected chi connectivity index (χ4v) is 4.72. The summed E-state index contributed by atoms with van der Waals surface area (Å²) in [6, 6.07) is 0. The van der Waals surface area contributed by atoms with Gasteiger partial charge in [-0.1, -0.05) is 40.0 Å². The van der Waals surface area contributed by atoms with Crippen molar-refractivity contribution in [2.75, 3.05) is 12.8 Å². The topological polar surface area (TPSA) is 24.9 Å². The molecule has 0 amide bonds. The van der Waals surface area contributed by atoms with E-state index >= 15 is 0 Å². The fourth-order valence-electron chi connectivity index (χ4n) is 2.78. The summed E-state index contributed by atoms with van der Waals surface area (Å²) in [5, 5.41) is 7.09. The van der Waals surface area contributed by atoms with Crippen LogP contribution >= 0.6 is 23.1 Å². The zero-order chi connectivity index (χ0) is 14.6. The first-order valence-corrected chi connectivity index (χ1v) is 9.76. The summed E-state index contributed by atoms with van der Waals surface area (Å²) in [7, 11) is 0. The predicted molar refractivity (Wildman–Crippen MR) is 91.9 cm³/mol. The second-order valence-corrected chi connectivity index (χ2v) is 9.14. The Morgan fingerprint density at radius 3 is 2.55 bits per heavy atom. The number of hydrogen-bond donors (Lipinski definition) is 1. The molecule has 0 aromatic carbocycles. The number of nitrogens with one attached hydrogen (secondary N) is 1. The normalized spacial score (nSPS) is 19.2. The van der Waals surface area contributed by atoms with E-state index in [0.29, 0.717) is 4.75 Å². The van der Waals surface area contributed by atoms with Gasteiger partial charge >= 0.3 is 0 Å². The van der Waals surface area contributed by atoms with Gasteiger partial charge in [0.25, 0.3) is 0 Å². The molecule has 4 heteroatoms. The van der Waals surface area contributed by atoms with Gasteiger partial charge in [-0.3, -0.25) is 0 Å². The zero-order valence-corrected chi connectivity index (χ0v) is 14.9. The number of rotatable bonds is 5. The second kappa shape index (κ2) is 6.80. The van der Waals surface area contributed by atoms with Gasteiger partial charge in [-0.25, -0.2) is 4.98 Å². The lowest BCUT2D eigenvalue weighted by molar-refractivity contribution is 0.379. The number of nitrogens with zero attached hydrogens (tertiary/aromatic N) is 1. The van der Waals surface area contributed by atoms with E-state index in [-0.39, 0.29) is 5.41 Å². The molecule has 0 aliphatic heterocycles. The van der Waals surface area contributed by atoms with Crippen molar-refractivity contribution in [1.29, 1.82) is 0 Å². The third-order valence-electron chi connectivity index (χ3n) is 4.24. The van der Waals surface area contributed by atoms with Crippen molar-refractivity contribution in [2.45, 2.75) is 69.6 Å². The molecule has 1 aliphatic rings. The molecule has 1 N–H and O–H groups in total. The molecule has 114 valence electrons. The first-order valence-electron chi connectivity index (χ1n) is 7.66. The number of thioether (sulfide) groups is 1. The van der Waals surface area contributed by atoms with Gasteiger partial charge in [0.15, 0.2) is 0 Å². The van der Waals surface area contributed by atoms with Gasteiger partial charge in [0.2, 0.25) is 0 Å². The summed E-state index contributed by atoms with van der Waals surface area (Å²) in [6.45, 7) is 8.72. The predicted octanol–water partition coefficient (Wildman–Crippen LogP) is 4.60. The Morgan fingerprint density at radius 2 is 2.00 bits per heavy atom. The lowest BCUT2D eigenvalue weighted by Crippen LogP contribution is -2.39. The third kappa shape index (κ3) is 4.22. The Morgan fingerprint density at radius 1 is 1.30 bits per heavy atom. The smallest absolute Gasteiger partial charge is 0.107 e. The maximum atomic E-state index is 4.76. The SMILES string of the molecule is CSC1(CNCc2nc(C(C)(C)C)cs2)CCCCC1. The van der Waals surface area contributed by atoms with E-state index in [4.69, 9.17) is 4.98 Å². The largest absolute Gasteiger partial charge is 0.309 e. The van der Waals surface area contributed by atoms with Gasteiger partial charge < -0.3 is 5.32 Å². The van der Waals surface area contributed by atoms with Crippen molar-refractivity contribution in [2.24, 2.45) is 0 Å². The number of hydrogen-bond acceptors (Lipinski definition) is 4. The van der Waals surface area contributed by atoms with Crippen molar-refractivity contribution >= 4 is 23.1 Å². The maximum Gasteiger partial charge on any atom is 0.107 e. The van der Waals surface area contributed by atoms with Crippen molar-refractivity contribution in [3.8, 4) is 0 Å². The van der Waals surface area contributed by atoms with Gasteiger partial charge in [0.1, 0.15) is 5.01 Å². The standard InChI is InChI=1S/C16H28N2S2/c1-15(2,3)13-11-20-14(18-13)10-17-12-16(19-4)8-6-5-7-9-16/h11,17H,5-10,12H2,1-4H3. The highest BCUT2D eigenvalue weighted by Gasteiger charge is 2.30. The second-order valence-electron chi connectivity index (χ2n) is 6.93. The molecule has 0 atom stereocenters. The van der Waals surface area contributed by atoms with Crippen LogP contribution in [0.4, 0.5) is 0 Å². The van der Waals surface area contributed by atoms with Crippen LogP contribution in [0.25, 0.3) is 0 Å². The number of thiazole rings is 1. The molecule has 1 aromatic rings. The van der Waals surface area contributed by atoms with Crippen LogP contribution in [0.5, 0.6) is 0 Å². The molecule has 20 heavy (non-hydrogen) atoms. The molecule has 0 radical (unpaired) electrons. The number of aromatic nitrogens is 1. The van der Waals surface area contributed by atoms with Crippen molar-refractivity contribution in [1.82, 2.24) is 10.3 Å². The minimum atomic E-state index is 0.165. The molecular weight excluding hydrogens is 284 g/mol. The summed E-state index contributed by atoms with van der Waals surface area (Å²) >= 11 is 3.85. The average molecular weight is 313 g/mol. The van der Waals surface area contributed by atoms with Crippen molar-refractivity contribution in [3.05, 3.63) is 16.1 Å². The van der Waals surface area contributed by atoms with E-state index in [2.05, 4.69) is 49.5 Å². The molecular formula is C16H28N2S2. The summed E-state index contributed by atoms with van der Waals surface area (Å²) in [5.41, 5.74) is 1.38. The van der Waals surface area contributed by atoms with Crippen LogP contribution in [-0.2, 0) is 12.0 Å². The van der Waals surface area contributed by atoms with E-state index < -0.39 is 0 Å². The highest BCUT2D eigenvalue weighted by molar-refractivity contribution is 8.00. The van der Waals surface area contributed by atoms with Crippen molar-refractivity contribution < 1.29 is 0 Å². The molecule has 2 nitrogen and oxygen atoms in total. The van der Waals surface area contributed by atoms with E-state index in [9.17, 15) is 0 Å². The average Bonchev–Trinajstić information content (AvgIpc) is 2.89. The monoisotopic (exact) mass is 312 g/mol. The zero-order valence-electron chi connectivity index (χ0n) is 13.3. The van der Waals surface area contributed by atoms with Gasteiger partial charge in [-0.15, -0.1) is 11.3 Å². The molecule has 0 saturated heterocycles. The van der Waals surface area contributed by atoms with Crippen LogP contribution in [0, 0.1) is 0 Å². The van der Waals surface area contributed by atoms with E-state index in [0.717, 1.165) is 13.1 Å². The molecule has 1 heterocycles. The van der Waals surface area contributed by atoms with Crippen LogP contribution in [0.2, 0.25) is 0 Å². The summed E-state index contributed by atoms with van der Waals surface area (Å²) in [5.74, 6) is 0. The lowest BCUT2D eigenvalue weighted by Gasteiger charge is -2.36. The Labute approximate surface area is 132 Å². The summed E-state index contributed by atoms with van der Waals surface area (Å²) in [6.07, 6.45) is 9.22. The van der Waals surface area contributed by atoms with Crippen LogP contribution in [0.1, 0.15) is 63.6 Å². The van der Waals surface area contributed by atoms with E-state index in [1.165, 1.54) is 42.8 Å². The quantitative estimate of drug-likeness (QED) is 0.860.